The number of rotatable bonds is 3. The molecular formula is C13H15F. The zero-order valence-electron chi connectivity index (χ0n) is 8.68. The summed E-state index contributed by atoms with van der Waals surface area (Å²) in [4.78, 5) is 0. The van der Waals surface area contributed by atoms with Crippen molar-refractivity contribution in [1.29, 1.82) is 0 Å². The quantitative estimate of drug-likeness (QED) is 0.632. The molecule has 0 unspecified atom stereocenters. The molecule has 0 aliphatic carbocycles. The molecule has 0 heterocycles. The summed E-state index contributed by atoms with van der Waals surface area (Å²) < 4.78 is 13.2. The summed E-state index contributed by atoms with van der Waals surface area (Å²) in [5.74, 6) is -0.129. The van der Waals surface area contributed by atoms with E-state index in [-0.39, 0.29) is 5.82 Å². The summed E-state index contributed by atoms with van der Waals surface area (Å²) in [6.45, 7) is 7.62. The lowest BCUT2D eigenvalue weighted by atomic mass is 10.0. The first kappa shape index (κ1) is 10.7. The van der Waals surface area contributed by atoms with Gasteiger partial charge < -0.3 is 0 Å². The Morgan fingerprint density at radius 1 is 1.50 bits per heavy atom. The molecule has 1 aromatic rings. The first-order valence-electron chi connectivity index (χ1n) is 4.80. The van der Waals surface area contributed by atoms with E-state index in [1.54, 1.807) is 12.1 Å². The van der Waals surface area contributed by atoms with E-state index in [4.69, 9.17) is 0 Å². The Morgan fingerprint density at radius 3 is 2.71 bits per heavy atom. The van der Waals surface area contributed by atoms with Crippen LogP contribution in [0.3, 0.4) is 0 Å². The lowest BCUT2D eigenvalue weighted by Gasteiger charge is -2.05. The molecule has 0 atom stereocenters. The van der Waals surface area contributed by atoms with Crippen molar-refractivity contribution in [2.24, 2.45) is 0 Å². The van der Waals surface area contributed by atoms with Crippen LogP contribution in [0.25, 0.3) is 5.57 Å². The summed E-state index contributed by atoms with van der Waals surface area (Å²) in [6.07, 6.45) is 4.47. The van der Waals surface area contributed by atoms with Crippen molar-refractivity contribution in [3.63, 3.8) is 0 Å². The van der Waals surface area contributed by atoms with Gasteiger partial charge in [0, 0.05) is 0 Å². The van der Waals surface area contributed by atoms with Gasteiger partial charge in [0.2, 0.25) is 0 Å². The second-order valence-corrected chi connectivity index (χ2v) is 3.11. The Kier molecular flexibility index (Phi) is 3.63. The topological polar surface area (TPSA) is 0 Å². The molecule has 0 saturated heterocycles. The third kappa shape index (κ3) is 2.11. The molecule has 0 aromatic heterocycles. The minimum absolute atomic E-state index is 0.129. The third-order valence-electron chi connectivity index (χ3n) is 2.29. The molecule has 0 aliphatic rings. The van der Waals surface area contributed by atoms with Crippen molar-refractivity contribution in [3.05, 3.63) is 53.9 Å². The molecule has 0 fully saturated rings. The van der Waals surface area contributed by atoms with E-state index in [1.165, 1.54) is 6.07 Å². The second kappa shape index (κ2) is 4.75. The smallest absolute Gasteiger partial charge is 0.126 e. The van der Waals surface area contributed by atoms with E-state index in [9.17, 15) is 4.39 Å². The zero-order chi connectivity index (χ0) is 10.6. The van der Waals surface area contributed by atoms with Gasteiger partial charge in [-0.2, -0.15) is 0 Å². The molecule has 0 radical (unpaired) electrons. The fraction of sp³-hybridized carbons (Fsp3) is 0.231. The van der Waals surface area contributed by atoms with E-state index in [0.717, 1.165) is 16.7 Å². The van der Waals surface area contributed by atoms with Crippen LogP contribution >= 0.6 is 0 Å². The SMILES string of the molecule is C=C/C(=C\C)c1ccc(F)c(CC)c1. The standard InChI is InChI=1S/C13H15F/c1-4-10(5-2)12-7-8-13(14)11(6-3)9-12/h4-5,7-9H,1,6H2,2-3H3/b10-5+. The maximum Gasteiger partial charge on any atom is 0.126 e. The van der Waals surface area contributed by atoms with Crippen LogP contribution < -0.4 is 0 Å². The summed E-state index contributed by atoms with van der Waals surface area (Å²) >= 11 is 0. The summed E-state index contributed by atoms with van der Waals surface area (Å²) in [5.41, 5.74) is 2.82. The monoisotopic (exact) mass is 190 g/mol. The number of hydrogen-bond donors (Lipinski definition) is 0. The normalized spacial score (nSPS) is 11.5. The van der Waals surface area contributed by atoms with Gasteiger partial charge in [-0.15, -0.1) is 0 Å². The third-order valence-corrected chi connectivity index (χ3v) is 2.29. The van der Waals surface area contributed by atoms with E-state index >= 15 is 0 Å². The fourth-order valence-electron chi connectivity index (χ4n) is 1.43. The lowest BCUT2D eigenvalue weighted by molar-refractivity contribution is 0.612. The molecule has 1 rings (SSSR count). The Balaban J connectivity index is 3.18. The van der Waals surface area contributed by atoms with Crippen LogP contribution in [0.4, 0.5) is 4.39 Å². The van der Waals surface area contributed by atoms with E-state index in [1.807, 2.05) is 26.0 Å². The average molecular weight is 190 g/mol. The predicted octanol–water partition coefficient (Wildman–Crippen LogP) is 3.98. The molecule has 0 bridgehead atoms. The minimum Gasteiger partial charge on any atom is -0.207 e. The highest BCUT2D eigenvalue weighted by atomic mass is 19.1. The highest BCUT2D eigenvalue weighted by molar-refractivity contribution is 5.73. The summed E-state index contributed by atoms with van der Waals surface area (Å²) in [7, 11) is 0. The molecule has 0 nitrogen and oxygen atoms in total. The van der Waals surface area contributed by atoms with Crippen molar-refractivity contribution in [2.75, 3.05) is 0 Å². The van der Waals surface area contributed by atoms with Gasteiger partial charge in [0.05, 0.1) is 0 Å². The number of aryl methyl sites for hydroxylation is 1. The Morgan fingerprint density at radius 2 is 2.21 bits per heavy atom. The van der Waals surface area contributed by atoms with Crippen LogP contribution in [-0.2, 0) is 6.42 Å². The molecule has 0 aliphatic heterocycles. The molecule has 1 aromatic carbocycles. The molecule has 1 heteroatoms. The first-order chi connectivity index (χ1) is 6.72. The van der Waals surface area contributed by atoms with E-state index < -0.39 is 0 Å². The maximum atomic E-state index is 13.2. The highest BCUT2D eigenvalue weighted by Gasteiger charge is 2.02. The van der Waals surface area contributed by atoms with Crippen LogP contribution in [0.15, 0.2) is 36.9 Å². The van der Waals surface area contributed by atoms with Crippen molar-refractivity contribution in [1.82, 2.24) is 0 Å². The zero-order valence-corrected chi connectivity index (χ0v) is 8.68. The minimum atomic E-state index is -0.129. The van der Waals surface area contributed by atoms with Crippen molar-refractivity contribution in [2.45, 2.75) is 20.3 Å². The van der Waals surface area contributed by atoms with Gasteiger partial charge in [-0.05, 0) is 42.2 Å². The lowest BCUT2D eigenvalue weighted by Crippen LogP contribution is -1.90. The van der Waals surface area contributed by atoms with Gasteiger partial charge in [-0.25, -0.2) is 4.39 Å². The fourth-order valence-corrected chi connectivity index (χ4v) is 1.43. The number of hydrogen-bond acceptors (Lipinski definition) is 0. The molecule has 14 heavy (non-hydrogen) atoms. The summed E-state index contributed by atoms with van der Waals surface area (Å²) in [5, 5.41) is 0. The number of benzene rings is 1. The van der Waals surface area contributed by atoms with Gasteiger partial charge in [-0.1, -0.05) is 31.7 Å². The predicted molar refractivity (Wildman–Crippen MR) is 59.6 cm³/mol. The van der Waals surface area contributed by atoms with Gasteiger partial charge in [0.15, 0.2) is 0 Å². The van der Waals surface area contributed by atoms with Gasteiger partial charge in [0.1, 0.15) is 5.82 Å². The van der Waals surface area contributed by atoms with Crippen LogP contribution in [-0.4, -0.2) is 0 Å². The molecule has 0 N–H and O–H groups in total. The molecule has 0 spiro atoms. The van der Waals surface area contributed by atoms with E-state index in [0.29, 0.717) is 6.42 Å². The van der Waals surface area contributed by atoms with Crippen LogP contribution in [0.1, 0.15) is 25.0 Å². The van der Waals surface area contributed by atoms with Crippen molar-refractivity contribution >= 4 is 5.57 Å². The molecule has 0 saturated carbocycles. The Labute approximate surface area is 84.8 Å². The van der Waals surface area contributed by atoms with Crippen molar-refractivity contribution < 1.29 is 4.39 Å². The second-order valence-electron chi connectivity index (χ2n) is 3.11. The average Bonchev–Trinajstić information content (AvgIpc) is 2.22. The highest BCUT2D eigenvalue weighted by Crippen LogP contribution is 2.19. The number of allylic oxidation sites excluding steroid dienone is 3. The van der Waals surface area contributed by atoms with Crippen LogP contribution in [0.5, 0.6) is 0 Å². The van der Waals surface area contributed by atoms with Crippen LogP contribution in [0.2, 0.25) is 0 Å². The van der Waals surface area contributed by atoms with E-state index in [2.05, 4.69) is 6.58 Å². The van der Waals surface area contributed by atoms with Crippen molar-refractivity contribution in [3.8, 4) is 0 Å². The number of halogens is 1. The Bertz CT molecular complexity index is 361. The largest absolute Gasteiger partial charge is 0.207 e. The van der Waals surface area contributed by atoms with Gasteiger partial charge in [0.25, 0.3) is 0 Å². The molecular weight excluding hydrogens is 175 g/mol. The summed E-state index contributed by atoms with van der Waals surface area (Å²) in [6, 6.07) is 5.18. The Hall–Kier alpha value is -1.37. The van der Waals surface area contributed by atoms with Crippen LogP contribution in [0, 0.1) is 5.82 Å². The van der Waals surface area contributed by atoms with Gasteiger partial charge in [-0.3, -0.25) is 0 Å². The molecule has 0 amide bonds. The molecule has 74 valence electrons. The first-order valence-corrected chi connectivity index (χ1v) is 4.80. The maximum absolute atomic E-state index is 13.2. The van der Waals surface area contributed by atoms with Gasteiger partial charge >= 0.3 is 0 Å².